The maximum atomic E-state index is 12.2. The Labute approximate surface area is 152 Å². The number of aliphatic hydroxyl groups is 2. The number of fused-ring (bicyclic) bond motifs is 5. The van der Waals surface area contributed by atoms with Gasteiger partial charge in [-0.05, 0) is 48.8 Å². The maximum Gasteiger partial charge on any atom is 0.227 e. The van der Waals surface area contributed by atoms with E-state index in [0.717, 1.165) is 5.57 Å². The van der Waals surface area contributed by atoms with Crippen LogP contribution in [0.2, 0.25) is 0 Å². The van der Waals surface area contributed by atoms with E-state index in [-0.39, 0.29) is 42.7 Å². The van der Waals surface area contributed by atoms with Gasteiger partial charge in [0.2, 0.25) is 5.78 Å². The van der Waals surface area contributed by atoms with Crippen molar-refractivity contribution in [2.24, 2.45) is 28.6 Å². The number of ketones is 2. The zero-order chi connectivity index (χ0) is 18.9. The van der Waals surface area contributed by atoms with Crippen LogP contribution in [-0.2, 0) is 14.4 Å². The van der Waals surface area contributed by atoms with Gasteiger partial charge in [-0.1, -0.05) is 32.1 Å². The van der Waals surface area contributed by atoms with Crippen LogP contribution in [0, 0.1) is 28.6 Å². The number of Topliss-reactive ketones (excluding diaryl/α,β-unsaturated/α-hetero) is 1. The number of rotatable bonds is 2. The third kappa shape index (κ3) is 1.96. The highest BCUT2D eigenvalue weighted by Gasteiger charge is 2.67. The summed E-state index contributed by atoms with van der Waals surface area (Å²) in [6.07, 6.45) is 9.61. The number of hydrogen-bond acceptors (Lipinski definition) is 5. The largest absolute Gasteiger partial charge is 0.393 e. The molecule has 0 aliphatic heterocycles. The molecule has 0 saturated heterocycles. The van der Waals surface area contributed by atoms with Crippen LogP contribution in [-0.4, -0.2) is 39.8 Å². The predicted molar refractivity (Wildman–Crippen MR) is 93.9 cm³/mol. The summed E-state index contributed by atoms with van der Waals surface area (Å²) in [5.74, 6) is -1.01. The second-order valence-electron chi connectivity index (χ2n) is 8.76. The molecule has 26 heavy (non-hydrogen) atoms. The third-order valence-electron chi connectivity index (χ3n) is 7.73. The molecule has 5 heteroatoms. The first-order chi connectivity index (χ1) is 12.2. The summed E-state index contributed by atoms with van der Waals surface area (Å²) in [7, 11) is 0. The highest BCUT2D eigenvalue weighted by Crippen LogP contribution is 2.65. The molecule has 0 radical (unpaired) electrons. The van der Waals surface area contributed by atoms with Crippen LogP contribution in [0.25, 0.3) is 0 Å². The van der Waals surface area contributed by atoms with Gasteiger partial charge in [0.15, 0.2) is 12.1 Å². The summed E-state index contributed by atoms with van der Waals surface area (Å²) in [5, 5.41) is 22.2. The molecule has 138 valence electrons. The van der Waals surface area contributed by atoms with E-state index in [2.05, 4.69) is 0 Å². The Morgan fingerprint density at radius 1 is 1.31 bits per heavy atom. The Hall–Kier alpha value is -1.85. The van der Waals surface area contributed by atoms with Crippen LogP contribution < -0.4 is 0 Å². The lowest BCUT2D eigenvalue weighted by molar-refractivity contribution is -0.170. The summed E-state index contributed by atoms with van der Waals surface area (Å²) < 4.78 is 0. The van der Waals surface area contributed by atoms with Crippen LogP contribution >= 0.6 is 0 Å². The molecular formula is C21H24O5. The van der Waals surface area contributed by atoms with E-state index in [1.807, 2.05) is 32.1 Å². The first-order valence-corrected chi connectivity index (χ1v) is 9.21. The van der Waals surface area contributed by atoms with Gasteiger partial charge in [0, 0.05) is 16.7 Å². The topological polar surface area (TPSA) is 91.7 Å². The number of aliphatic hydroxyl groups excluding tert-OH is 1. The molecule has 0 heterocycles. The van der Waals surface area contributed by atoms with Crippen molar-refractivity contribution in [3.8, 4) is 0 Å². The Morgan fingerprint density at radius 3 is 2.73 bits per heavy atom. The van der Waals surface area contributed by atoms with Crippen molar-refractivity contribution in [2.75, 3.05) is 0 Å². The van der Waals surface area contributed by atoms with Crippen molar-refractivity contribution in [1.29, 1.82) is 0 Å². The molecular weight excluding hydrogens is 332 g/mol. The fourth-order valence-corrected chi connectivity index (χ4v) is 6.29. The summed E-state index contributed by atoms with van der Waals surface area (Å²) in [4.78, 5) is 35.1. The molecule has 2 saturated carbocycles. The molecule has 0 bridgehead atoms. The van der Waals surface area contributed by atoms with E-state index in [4.69, 9.17) is 0 Å². The highest BCUT2D eigenvalue weighted by molar-refractivity contribution is 6.29. The lowest BCUT2D eigenvalue weighted by atomic mass is 9.48. The van der Waals surface area contributed by atoms with Crippen molar-refractivity contribution in [3.63, 3.8) is 0 Å². The molecule has 0 aromatic rings. The number of allylic oxidation sites excluding steroid dienone is 6. The van der Waals surface area contributed by atoms with Crippen LogP contribution in [0.3, 0.4) is 0 Å². The fourth-order valence-electron chi connectivity index (χ4n) is 6.29. The van der Waals surface area contributed by atoms with Crippen LogP contribution in [0.15, 0.2) is 36.0 Å². The van der Waals surface area contributed by atoms with Gasteiger partial charge in [0.25, 0.3) is 0 Å². The zero-order valence-electron chi connectivity index (χ0n) is 15.0. The zero-order valence-corrected chi connectivity index (χ0v) is 15.0. The smallest absolute Gasteiger partial charge is 0.227 e. The minimum Gasteiger partial charge on any atom is -0.393 e. The standard InChI is InChI=1S/C21H24O5/c1-19-7-5-13(23)9-12(19)3-4-14-15-6-8-21(26,17(25)11-22)20(15,2)10-16(24)18(14)19/h3-5,7,9,11,14-16,18,24,26H,6,8,10H2,1-2H3/t14-,15-,16-,18+,19-,20-,21-/m0/s1. The number of aldehydes is 1. The first kappa shape index (κ1) is 17.6. The molecule has 0 amide bonds. The van der Waals surface area contributed by atoms with E-state index in [1.165, 1.54) is 0 Å². The Balaban J connectivity index is 1.81. The molecule has 0 unspecified atom stereocenters. The molecule has 0 aromatic heterocycles. The third-order valence-corrected chi connectivity index (χ3v) is 7.73. The van der Waals surface area contributed by atoms with Gasteiger partial charge in [0.1, 0.15) is 5.60 Å². The Bertz CT molecular complexity index is 792. The van der Waals surface area contributed by atoms with Crippen molar-refractivity contribution in [2.45, 2.75) is 44.8 Å². The Morgan fingerprint density at radius 2 is 2.04 bits per heavy atom. The second-order valence-corrected chi connectivity index (χ2v) is 8.76. The molecule has 4 aliphatic carbocycles. The van der Waals surface area contributed by atoms with E-state index in [9.17, 15) is 24.6 Å². The van der Waals surface area contributed by atoms with Gasteiger partial charge in [-0.3, -0.25) is 14.4 Å². The molecule has 5 nitrogen and oxygen atoms in total. The van der Waals surface area contributed by atoms with Gasteiger partial charge in [-0.2, -0.15) is 0 Å². The van der Waals surface area contributed by atoms with Gasteiger partial charge >= 0.3 is 0 Å². The number of carbonyl (C=O) groups is 3. The second kappa shape index (κ2) is 5.33. The molecule has 0 aromatic carbocycles. The monoisotopic (exact) mass is 356 g/mol. The highest BCUT2D eigenvalue weighted by atomic mass is 16.3. The fraction of sp³-hybridized carbons (Fsp3) is 0.571. The van der Waals surface area contributed by atoms with Crippen molar-refractivity contribution >= 4 is 17.9 Å². The summed E-state index contributed by atoms with van der Waals surface area (Å²) in [6.45, 7) is 3.86. The predicted octanol–water partition coefficient (Wildman–Crippen LogP) is 1.54. The minimum atomic E-state index is -1.71. The number of hydrogen-bond donors (Lipinski definition) is 2. The van der Waals surface area contributed by atoms with Crippen molar-refractivity contribution < 1.29 is 24.6 Å². The van der Waals surface area contributed by atoms with Crippen molar-refractivity contribution in [3.05, 3.63) is 36.0 Å². The normalized spacial score (nSPS) is 49.1. The van der Waals surface area contributed by atoms with Crippen LogP contribution in [0.1, 0.15) is 33.1 Å². The van der Waals surface area contributed by atoms with Crippen LogP contribution in [0.5, 0.6) is 0 Å². The van der Waals surface area contributed by atoms with E-state index in [1.54, 1.807) is 12.2 Å². The maximum absolute atomic E-state index is 12.2. The first-order valence-electron chi connectivity index (χ1n) is 9.21. The summed E-state index contributed by atoms with van der Waals surface area (Å²) in [5.41, 5.74) is -2.12. The molecule has 4 rings (SSSR count). The average Bonchev–Trinajstić information content (AvgIpc) is 2.86. The summed E-state index contributed by atoms with van der Waals surface area (Å²) in [6, 6.07) is 0. The quantitative estimate of drug-likeness (QED) is 0.578. The van der Waals surface area contributed by atoms with Gasteiger partial charge < -0.3 is 10.2 Å². The van der Waals surface area contributed by atoms with Crippen LogP contribution in [0.4, 0.5) is 0 Å². The Kier molecular flexibility index (Phi) is 3.60. The van der Waals surface area contributed by atoms with Gasteiger partial charge in [-0.25, -0.2) is 0 Å². The van der Waals surface area contributed by atoms with E-state index < -0.39 is 28.3 Å². The van der Waals surface area contributed by atoms with Gasteiger partial charge in [-0.15, -0.1) is 0 Å². The summed E-state index contributed by atoms with van der Waals surface area (Å²) >= 11 is 0. The SMILES string of the molecule is C[C@]12C=CC(=O)C=C1C=C[C@@H]1[C@@H]2[C@@H](O)C[C@@]2(C)[C@H]1CC[C@]2(O)C(=O)C=O. The average molecular weight is 356 g/mol. The molecule has 0 spiro atoms. The molecule has 7 atom stereocenters. The van der Waals surface area contributed by atoms with E-state index in [0.29, 0.717) is 6.42 Å². The lowest BCUT2D eigenvalue weighted by Crippen LogP contribution is -2.60. The van der Waals surface area contributed by atoms with E-state index >= 15 is 0 Å². The molecule has 2 fully saturated rings. The number of carbonyl (C=O) groups excluding carboxylic acids is 3. The minimum absolute atomic E-state index is 0.00884. The molecule has 4 aliphatic rings. The van der Waals surface area contributed by atoms with Crippen molar-refractivity contribution in [1.82, 2.24) is 0 Å². The van der Waals surface area contributed by atoms with Gasteiger partial charge in [0.05, 0.1) is 6.10 Å². The molecule has 2 N–H and O–H groups in total. The lowest BCUT2D eigenvalue weighted by Gasteiger charge is -2.57.